The van der Waals surface area contributed by atoms with Gasteiger partial charge in [0.25, 0.3) is 0 Å². The molecule has 1 aliphatic heterocycles. The zero-order chi connectivity index (χ0) is 19.2. The van der Waals surface area contributed by atoms with Crippen LogP contribution in [0.5, 0.6) is 0 Å². The van der Waals surface area contributed by atoms with Gasteiger partial charge in [0, 0.05) is 11.3 Å². The molecule has 142 valence electrons. The molecule has 1 N–H and O–H groups in total. The molecule has 1 heterocycles. The molecule has 1 aliphatic carbocycles. The van der Waals surface area contributed by atoms with Gasteiger partial charge in [0.2, 0.25) is 0 Å². The van der Waals surface area contributed by atoms with Crippen molar-refractivity contribution in [3.63, 3.8) is 0 Å². The second-order valence-electron chi connectivity index (χ2n) is 8.95. The van der Waals surface area contributed by atoms with Crippen LogP contribution in [0.25, 0.3) is 11.1 Å². The molecule has 0 radical (unpaired) electrons. The minimum atomic E-state index is -0.448. The molecule has 0 aromatic heterocycles. The molecule has 0 atom stereocenters. The Hall–Kier alpha value is -2.13. The van der Waals surface area contributed by atoms with Crippen LogP contribution in [0.15, 0.2) is 42.5 Å². The first kappa shape index (κ1) is 18.2. The van der Waals surface area contributed by atoms with E-state index in [1.54, 1.807) is 0 Å². The smallest absolute Gasteiger partial charge is 0.338 e. The van der Waals surface area contributed by atoms with Crippen LogP contribution < -0.4 is 5.32 Å². The third kappa shape index (κ3) is 3.08. The Labute approximate surface area is 162 Å². The van der Waals surface area contributed by atoms with Crippen molar-refractivity contribution in [1.29, 1.82) is 0 Å². The highest BCUT2D eigenvalue weighted by Gasteiger charge is 2.37. The number of rotatable bonds is 3. The quantitative estimate of drug-likeness (QED) is 0.786. The third-order valence-electron chi connectivity index (χ3n) is 6.50. The summed E-state index contributed by atoms with van der Waals surface area (Å²) < 4.78 is 6.00. The Morgan fingerprint density at radius 1 is 1.04 bits per heavy atom. The fourth-order valence-corrected chi connectivity index (χ4v) is 4.73. The molecule has 2 aromatic rings. The summed E-state index contributed by atoms with van der Waals surface area (Å²) in [7, 11) is 0. The largest absolute Gasteiger partial charge is 0.456 e. The van der Waals surface area contributed by atoms with Gasteiger partial charge in [0.1, 0.15) is 5.60 Å². The van der Waals surface area contributed by atoms with E-state index in [9.17, 15) is 4.79 Å². The number of nitrogens with one attached hydrogen (secondary N) is 1. The van der Waals surface area contributed by atoms with Crippen molar-refractivity contribution in [3.05, 3.63) is 59.2 Å². The normalized spacial score (nSPS) is 18.7. The summed E-state index contributed by atoms with van der Waals surface area (Å²) >= 11 is 0. The highest BCUT2D eigenvalue weighted by Crippen LogP contribution is 2.48. The molecule has 0 amide bonds. The van der Waals surface area contributed by atoms with Gasteiger partial charge in [-0.1, -0.05) is 44.2 Å². The molecular weight excluding hydrogens is 334 g/mol. The van der Waals surface area contributed by atoms with Crippen LogP contribution in [-0.4, -0.2) is 24.7 Å². The fraction of sp³-hybridized carbons (Fsp3) is 0.458. The van der Waals surface area contributed by atoms with E-state index < -0.39 is 5.60 Å². The Kier molecular flexibility index (Phi) is 4.38. The van der Waals surface area contributed by atoms with Crippen LogP contribution in [0.2, 0.25) is 0 Å². The maximum absolute atomic E-state index is 12.9. The van der Waals surface area contributed by atoms with Crippen LogP contribution >= 0.6 is 0 Å². The average molecular weight is 364 g/mol. The molecule has 0 bridgehead atoms. The Bertz CT molecular complexity index is 876. The maximum Gasteiger partial charge on any atom is 0.338 e. The van der Waals surface area contributed by atoms with Crippen LogP contribution in [0.3, 0.4) is 0 Å². The number of carbonyl (C=O) groups is 1. The van der Waals surface area contributed by atoms with Gasteiger partial charge in [0.15, 0.2) is 0 Å². The molecule has 2 aromatic carbocycles. The molecule has 0 unspecified atom stereocenters. The van der Waals surface area contributed by atoms with Crippen molar-refractivity contribution in [2.45, 2.75) is 51.6 Å². The van der Waals surface area contributed by atoms with Crippen LogP contribution in [0, 0.1) is 5.92 Å². The van der Waals surface area contributed by atoms with Crippen molar-refractivity contribution in [2.75, 3.05) is 13.1 Å². The molecule has 1 saturated heterocycles. The lowest BCUT2D eigenvalue weighted by Crippen LogP contribution is -2.42. The van der Waals surface area contributed by atoms with E-state index in [-0.39, 0.29) is 11.4 Å². The van der Waals surface area contributed by atoms with Crippen molar-refractivity contribution in [2.24, 2.45) is 5.92 Å². The highest BCUT2D eigenvalue weighted by atomic mass is 16.6. The molecule has 4 rings (SSSR count). The van der Waals surface area contributed by atoms with E-state index in [1.165, 1.54) is 22.3 Å². The molecule has 2 aliphatic rings. The number of esters is 1. The van der Waals surface area contributed by atoms with Crippen molar-refractivity contribution < 1.29 is 9.53 Å². The first-order valence-electron chi connectivity index (χ1n) is 9.99. The van der Waals surface area contributed by atoms with Gasteiger partial charge in [-0.25, -0.2) is 4.79 Å². The van der Waals surface area contributed by atoms with Gasteiger partial charge in [0.05, 0.1) is 5.56 Å². The highest BCUT2D eigenvalue weighted by molar-refractivity contribution is 5.92. The van der Waals surface area contributed by atoms with Gasteiger partial charge >= 0.3 is 5.97 Å². The van der Waals surface area contributed by atoms with E-state index in [2.05, 4.69) is 49.5 Å². The van der Waals surface area contributed by atoms with Gasteiger partial charge < -0.3 is 10.1 Å². The monoisotopic (exact) mass is 363 g/mol. The number of hydrogen-bond acceptors (Lipinski definition) is 3. The minimum Gasteiger partial charge on any atom is -0.456 e. The molecule has 1 fully saturated rings. The van der Waals surface area contributed by atoms with Gasteiger partial charge in [-0.2, -0.15) is 0 Å². The molecule has 3 heteroatoms. The summed E-state index contributed by atoms with van der Waals surface area (Å²) in [6.07, 6.45) is 2.10. The minimum absolute atomic E-state index is 0.104. The lowest BCUT2D eigenvalue weighted by Gasteiger charge is -2.36. The number of carbonyl (C=O) groups excluding carboxylic acids is 1. The number of benzene rings is 2. The van der Waals surface area contributed by atoms with E-state index in [4.69, 9.17) is 4.74 Å². The number of piperidine rings is 1. The molecule has 0 saturated carbocycles. The first-order valence-corrected chi connectivity index (χ1v) is 9.99. The lowest BCUT2D eigenvalue weighted by atomic mass is 9.82. The Balaban J connectivity index is 1.61. The van der Waals surface area contributed by atoms with E-state index >= 15 is 0 Å². The predicted octanol–water partition coefficient (Wildman–Crippen LogP) is 4.93. The van der Waals surface area contributed by atoms with Gasteiger partial charge in [-0.15, -0.1) is 0 Å². The molecule has 27 heavy (non-hydrogen) atoms. The summed E-state index contributed by atoms with van der Waals surface area (Å²) in [5, 5.41) is 3.38. The number of ether oxygens (including phenoxy) is 1. The Morgan fingerprint density at radius 3 is 2.44 bits per heavy atom. The number of fused-ring (bicyclic) bond motifs is 3. The molecular formula is C24H29NO2. The summed E-state index contributed by atoms with van der Waals surface area (Å²) in [6, 6.07) is 14.6. The summed E-state index contributed by atoms with van der Waals surface area (Å²) in [6.45, 7) is 10.5. The van der Waals surface area contributed by atoms with E-state index in [0.717, 1.165) is 25.9 Å². The summed E-state index contributed by atoms with van der Waals surface area (Å²) in [5.74, 6) is 0.186. The average Bonchev–Trinajstić information content (AvgIpc) is 2.90. The van der Waals surface area contributed by atoms with Gasteiger partial charge in [-0.05, 0) is 74.2 Å². The first-order chi connectivity index (χ1) is 12.8. The lowest BCUT2D eigenvalue weighted by molar-refractivity contribution is -0.0368. The zero-order valence-electron chi connectivity index (χ0n) is 16.8. The Morgan fingerprint density at radius 2 is 1.70 bits per heavy atom. The number of hydrogen-bond donors (Lipinski definition) is 1. The topological polar surface area (TPSA) is 38.3 Å². The van der Waals surface area contributed by atoms with E-state index in [1.807, 2.05) is 26.0 Å². The second-order valence-corrected chi connectivity index (χ2v) is 8.95. The third-order valence-corrected chi connectivity index (χ3v) is 6.50. The fourth-order valence-electron chi connectivity index (χ4n) is 4.73. The van der Waals surface area contributed by atoms with Crippen molar-refractivity contribution in [1.82, 2.24) is 5.32 Å². The van der Waals surface area contributed by atoms with E-state index in [0.29, 0.717) is 11.5 Å². The second kappa shape index (κ2) is 6.49. The van der Waals surface area contributed by atoms with Crippen LogP contribution in [-0.2, 0) is 10.2 Å². The van der Waals surface area contributed by atoms with Crippen molar-refractivity contribution >= 4 is 5.97 Å². The zero-order valence-corrected chi connectivity index (χ0v) is 16.8. The van der Waals surface area contributed by atoms with Gasteiger partial charge in [-0.3, -0.25) is 0 Å². The SMILES string of the molecule is CC1(C)c2ccccc2-c2ccc(C(=O)OC(C)(C)C3CCNCC3)cc21. The predicted molar refractivity (Wildman–Crippen MR) is 109 cm³/mol. The summed E-state index contributed by atoms with van der Waals surface area (Å²) in [5.41, 5.74) is 5.12. The summed E-state index contributed by atoms with van der Waals surface area (Å²) in [4.78, 5) is 12.9. The van der Waals surface area contributed by atoms with Crippen LogP contribution in [0.1, 0.15) is 62.0 Å². The van der Waals surface area contributed by atoms with Crippen LogP contribution in [0.4, 0.5) is 0 Å². The standard InChI is InChI=1S/C24H29NO2/c1-23(2)20-8-6-5-7-18(20)19-10-9-16(15-21(19)23)22(26)27-24(3,4)17-11-13-25-14-12-17/h5-10,15,17,25H,11-14H2,1-4H3. The maximum atomic E-state index is 12.9. The molecule has 0 spiro atoms. The molecule has 3 nitrogen and oxygen atoms in total. The van der Waals surface area contributed by atoms with Crippen molar-refractivity contribution in [3.8, 4) is 11.1 Å².